The van der Waals surface area contributed by atoms with E-state index >= 15 is 0 Å². The molecule has 1 saturated heterocycles. The van der Waals surface area contributed by atoms with Gasteiger partial charge in [0.15, 0.2) is 16.1 Å². The molecule has 0 aliphatic carbocycles. The van der Waals surface area contributed by atoms with Crippen LogP contribution in [-0.2, 0) is 4.79 Å². The van der Waals surface area contributed by atoms with Gasteiger partial charge in [-0.3, -0.25) is 4.79 Å². The van der Waals surface area contributed by atoms with Gasteiger partial charge in [-0.15, -0.1) is 0 Å². The Morgan fingerprint density at radius 2 is 2.24 bits per heavy atom. The lowest BCUT2D eigenvalue weighted by atomic mass is 10.2. The molecule has 0 radical (unpaired) electrons. The number of alkyl halides is 1. The van der Waals surface area contributed by atoms with Crippen LogP contribution in [0, 0.1) is 11.7 Å². The molecule has 2 heterocycles. The molecule has 2 rings (SSSR count). The zero-order valence-corrected chi connectivity index (χ0v) is 11.7. The van der Waals surface area contributed by atoms with Gasteiger partial charge < -0.3 is 4.90 Å². The Labute approximate surface area is 116 Å². The first-order valence-electron chi connectivity index (χ1n) is 4.90. The fourth-order valence-electron chi connectivity index (χ4n) is 1.74. The summed E-state index contributed by atoms with van der Waals surface area (Å²) < 4.78 is 13.3. The van der Waals surface area contributed by atoms with Gasteiger partial charge in [-0.25, -0.2) is 9.37 Å². The molecule has 1 aliphatic heterocycles. The van der Waals surface area contributed by atoms with E-state index in [-0.39, 0.29) is 27.8 Å². The minimum atomic E-state index is -0.679. The average Bonchev–Trinajstić information content (AvgIpc) is 2.65. The number of pyridine rings is 1. The van der Waals surface area contributed by atoms with Gasteiger partial charge in [0.1, 0.15) is 0 Å². The van der Waals surface area contributed by atoms with Crippen LogP contribution in [0.5, 0.6) is 0 Å². The second kappa shape index (κ2) is 5.08. The van der Waals surface area contributed by atoms with Crippen molar-refractivity contribution in [3.8, 4) is 0 Å². The Kier molecular flexibility index (Phi) is 3.90. The second-order valence-corrected chi connectivity index (χ2v) is 5.16. The Morgan fingerprint density at radius 3 is 2.82 bits per heavy atom. The van der Waals surface area contributed by atoms with Crippen LogP contribution in [0.2, 0.25) is 10.3 Å². The molecule has 3 nitrogen and oxygen atoms in total. The fourth-order valence-corrected chi connectivity index (χ4v) is 2.60. The number of carbonyl (C=O) groups is 1. The predicted octanol–water partition coefficient (Wildman–Crippen LogP) is 3.28. The zero-order chi connectivity index (χ0) is 12.6. The minimum absolute atomic E-state index is 0.0416. The highest BCUT2D eigenvalue weighted by molar-refractivity contribution is 9.09. The van der Waals surface area contributed by atoms with E-state index in [9.17, 15) is 9.18 Å². The third-order valence-corrected chi connectivity index (χ3v) is 4.04. The lowest BCUT2D eigenvalue weighted by Gasteiger charge is -2.17. The number of hydrogen-bond donors (Lipinski definition) is 0. The van der Waals surface area contributed by atoms with Crippen LogP contribution >= 0.6 is 39.1 Å². The summed E-state index contributed by atoms with van der Waals surface area (Å²) in [7, 11) is 0. The highest BCUT2D eigenvalue weighted by Gasteiger charge is 2.31. The zero-order valence-electron chi connectivity index (χ0n) is 8.59. The summed E-state index contributed by atoms with van der Waals surface area (Å²) in [6, 6.07) is 1.15. The van der Waals surface area contributed by atoms with Crippen molar-refractivity contribution in [1.82, 2.24) is 4.98 Å². The van der Waals surface area contributed by atoms with Crippen LogP contribution in [-0.4, -0.2) is 22.8 Å². The molecule has 1 unspecified atom stereocenters. The van der Waals surface area contributed by atoms with Crippen molar-refractivity contribution in [3.63, 3.8) is 0 Å². The summed E-state index contributed by atoms with van der Waals surface area (Å²) in [5, 5.41) is 0.471. The maximum atomic E-state index is 13.3. The summed E-state index contributed by atoms with van der Waals surface area (Å²) in [6.07, 6.45) is 0.422. The van der Waals surface area contributed by atoms with Crippen LogP contribution in [0.1, 0.15) is 6.42 Å². The molecule has 17 heavy (non-hydrogen) atoms. The summed E-state index contributed by atoms with van der Waals surface area (Å²) >= 11 is 14.7. The van der Waals surface area contributed by atoms with Crippen molar-refractivity contribution in [1.29, 1.82) is 0 Å². The molecule has 1 fully saturated rings. The largest absolute Gasteiger partial charge is 0.309 e. The summed E-state index contributed by atoms with van der Waals surface area (Å²) in [6.45, 7) is 0.507. The molecule has 0 aromatic carbocycles. The van der Waals surface area contributed by atoms with E-state index in [4.69, 9.17) is 23.2 Å². The van der Waals surface area contributed by atoms with Crippen molar-refractivity contribution in [2.45, 2.75) is 6.42 Å². The van der Waals surface area contributed by atoms with E-state index in [1.807, 2.05) is 0 Å². The van der Waals surface area contributed by atoms with E-state index in [2.05, 4.69) is 20.9 Å². The first-order valence-corrected chi connectivity index (χ1v) is 6.78. The number of anilines is 1. The molecular weight excluding hydrogens is 334 g/mol. The Hall–Kier alpha value is -0.390. The predicted molar refractivity (Wildman–Crippen MR) is 68.5 cm³/mol. The topological polar surface area (TPSA) is 33.2 Å². The van der Waals surface area contributed by atoms with Gasteiger partial charge in [-0.05, 0) is 5.92 Å². The monoisotopic (exact) mass is 340 g/mol. The molecule has 0 N–H and O–H groups in total. The minimum Gasteiger partial charge on any atom is -0.309 e. The van der Waals surface area contributed by atoms with Gasteiger partial charge >= 0.3 is 0 Å². The first kappa shape index (κ1) is 13.1. The van der Waals surface area contributed by atoms with Gasteiger partial charge in [0.25, 0.3) is 0 Å². The third kappa shape index (κ3) is 2.56. The summed E-state index contributed by atoms with van der Waals surface area (Å²) in [5.41, 5.74) is 0.280. The molecule has 0 bridgehead atoms. The Morgan fingerprint density at radius 1 is 1.53 bits per heavy atom. The highest BCUT2D eigenvalue weighted by Crippen LogP contribution is 2.32. The van der Waals surface area contributed by atoms with Gasteiger partial charge in [0.05, 0.1) is 5.69 Å². The van der Waals surface area contributed by atoms with Crippen LogP contribution in [0.15, 0.2) is 6.07 Å². The number of nitrogens with zero attached hydrogens (tertiary/aromatic N) is 2. The normalized spacial score (nSPS) is 20.1. The van der Waals surface area contributed by atoms with Gasteiger partial charge in [-0.1, -0.05) is 39.1 Å². The van der Waals surface area contributed by atoms with Crippen molar-refractivity contribution >= 4 is 50.7 Å². The van der Waals surface area contributed by atoms with E-state index < -0.39 is 5.82 Å². The van der Waals surface area contributed by atoms with Gasteiger partial charge in [0, 0.05) is 24.4 Å². The Bertz CT molecular complexity index is 472. The van der Waals surface area contributed by atoms with E-state index in [1.54, 1.807) is 0 Å². The van der Waals surface area contributed by atoms with Crippen LogP contribution in [0.25, 0.3) is 0 Å². The van der Waals surface area contributed by atoms with Crippen molar-refractivity contribution in [2.24, 2.45) is 5.92 Å². The van der Waals surface area contributed by atoms with Gasteiger partial charge in [0.2, 0.25) is 5.91 Å². The molecule has 0 spiro atoms. The summed E-state index contributed by atoms with van der Waals surface area (Å²) in [4.78, 5) is 16.9. The van der Waals surface area contributed by atoms with Crippen molar-refractivity contribution < 1.29 is 9.18 Å². The van der Waals surface area contributed by atoms with Crippen LogP contribution in [0.4, 0.5) is 10.1 Å². The highest BCUT2D eigenvalue weighted by atomic mass is 79.9. The smallest absolute Gasteiger partial charge is 0.227 e. The van der Waals surface area contributed by atoms with Crippen molar-refractivity contribution in [3.05, 3.63) is 22.2 Å². The standard InChI is InChI=1S/C10H8BrCl2FN2O/c11-3-5-1-8(17)16(4-5)7-2-6(14)9(12)15-10(7)13/h2,5H,1,3-4H2. The average molecular weight is 342 g/mol. The molecule has 1 aromatic rings. The Balaban J connectivity index is 2.35. The van der Waals surface area contributed by atoms with E-state index in [0.29, 0.717) is 13.0 Å². The maximum absolute atomic E-state index is 13.3. The molecule has 0 saturated carbocycles. The number of aromatic nitrogens is 1. The lowest BCUT2D eigenvalue weighted by Crippen LogP contribution is -2.25. The van der Waals surface area contributed by atoms with E-state index in [1.165, 1.54) is 4.90 Å². The number of halogens is 4. The maximum Gasteiger partial charge on any atom is 0.227 e. The number of hydrogen-bond acceptors (Lipinski definition) is 2. The molecule has 92 valence electrons. The fraction of sp³-hybridized carbons (Fsp3) is 0.400. The number of amides is 1. The molecule has 1 aliphatic rings. The number of rotatable bonds is 2. The quantitative estimate of drug-likeness (QED) is 0.611. The van der Waals surface area contributed by atoms with Crippen molar-refractivity contribution in [2.75, 3.05) is 16.8 Å². The molecule has 7 heteroatoms. The molecular formula is C10H8BrCl2FN2O. The second-order valence-electron chi connectivity index (χ2n) is 3.80. The van der Waals surface area contributed by atoms with E-state index in [0.717, 1.165) is 11.4 Å². The first-order chi connectivity index (χ1) is 8.02. The molecule has 1 aromatic heterocycles. The van der Waals surface area contributed by atoms with Crippen LogP contribution < -0.4 is 4.90 Å². The third-order valence-electron chi connectivity index (χ3n) is 2.58. The SMILES string of the molecule is O=C1CC(CBr)CN1c1cc(F)c(Cl)nc1Cl. The van der Waals surface area contributed by atoms with Crippen LogP contribution in [0.3, 0.4) is 0 Å². The lowest BCUT2D eigenvalue weighted by molar-refractivity contribution is -0.117. The number of carbonyl (C=O) groups excluding carboxylic acids is 1. The molecule has 1 amide bonds. The van der Waals surface area contributed by atoms with Gasteiger partial charge in [-0.2, -0.15) is 0 Å². The summed E-state index contributed by atoms with van der Waals surface area (Å²) in [5.74, 6) is -0.557. The molecule has 1 atom stereocenters.